The van der Waals surface area contributed by atoms with Crippen LogP contribution in [0, 0.1) is 11.8 Å². The molecule has 0 N–H and O–H groups in total. The molecule has 0 saturated heterocycles. The molecule has 0 spiro atoms. The topological polar surface area (TPSA) is 35.5 Å². The number of hydrogen-bond acceptors (Lipinski definition) is 3. The van der Waals surface area contributed by atoms with E-state index < -0.39 is 0 Å². The van der Waals surface area contributed by atoms with E-state index >= 15 is 0 Å². The first-order valence-corrected chi connectivity index (χ1v) is 9.37. The van der Waals surface area contributed by atoms with Crippen molar-refractivity contribution in [2.45, 2.75) is 65.2 Å². The van der Waals surface area contributed by atoms with Gasteiger partial charge in [0.05, 0.1) is 13.7 Å². The van der Waals surface area contributed by atoms with Crippen LogP contribution in [-0.4, -0.2) is 20.2 Å². The summed E-state index contributed by atoms with van der Waals surface area (Å²) in [4.78, 5) is 8.95. The van der Waals surface area contributed by atoms with Gasteiger partial charge in [0, 0.05) is 0 Å². The van der Waals surface area contributed by atoms with Crippen molar-refractivity contribution in [2.75, 3.05) is 13.7 Å². The lowest BCUT2D eigenvalue weighted by Crippen LogP contribution is -2.18. The van der Waals surface area contributed by atoms with Gasteiger partial charge in [-0.25, -0.2) is 0 Å². The summed E-state index contributed by atoms with van der Waals surface area (Å²) in [5.41, 5.74) is 1.44. The van der Waals surface area contributed by atoms with Gasteiger partial charge in [-0.2, -0.15) is 0 Å². The third-order valence-electron chi connectivity index (χ3n) is 4.71. The summed E-state index contributed by atoms with van der Waals surface area (Å²) in [6.07, 6.45) is 10.6. The van der Waals surface area contributed by atoms with E-state index in [1.54, 1.807) is 0 Å². The van der Waals surface area contributed by atoms with Gasteiger partial charge in [0.15, 0.2) is 0 Å². The normalized spacial score (nSPS) is 19.8. The summed E-state index contributed by atoms with van der Waals surface area (Å²) in [5, 5.41) is 0. The third kappa shape index (κ3) is 8.95. The molecule has 0 radical (unpaired) electrons. The smallest absolute Gasteiger partial charge is 0.292 e. The predicted octanol–water partition coefficient (Wildman–Crippen LogP) is 5.41. The minimum atomic E-state index is 0.375. The molecule has 1 aromatic carbocycles. The fourth-order valence-corrected chi connectivity index (χ4v) is 3.04. The lowest BCUT2D eigenvalue weighted by Gasteiger charge is -2.26. The number of unbranched alkanes of at least 4 members (excludes halogenated alkanes) is 2. The first-order chi connectivity index (χ1) is 11.7. The van der Waals surface area contributed by atoms with Crippen molar-refractivity contribution < 1.29 is 14.3 Å². The van der Waals surface area contributed by atoms with Gasteiger partial charge in [0.1, 0.15) is 5.75 Å². The fourth-order valence-electron chi connectivity index (χ4n) is 3.04. The van der Waals surface area contributed by atoms with E-state index in [9.17, 15) is 0 Å². The number of aryl methyl sites for hydroxylation is 1. The van der Waals surface area contributed by atoms with E-state index in [-0.39, 0.29) is 0 Å². The molecule has 136 valence electrons. The maximum Gasteiger partial charge on any atom is 0.292 e. The van der Waals surface area contributed by atoms with Crippen molar-refractivity contribution in [1.82, 2.24) is 0 Å². The number of hydrogen-bond donors (Lipinski definition) is 0. The van der Waals surface area contributed by atoms with Crippen molar-refractivity contribution in [3.8, 4) is 5.75 Å². The zero-order chi connectivity index (χ0) is 17.6. The van der Waals surface area contributed by atoms with Crippen molar-refractivity contribution >= 4 is 6.47 Å². The molecular weight excluding hydrogens is 300 g/mol. The maximum absolute atomic E-state index is 8.95. The lowest BCUT2D eigenvalue weighted by atomic mass is 9.83. The van der Waals surface area contributed by atoms with Crippen molar-refractivity contribution in [2.24, 2.45) is 11.8 Å². The van der Waals surface area contributed by atoms with Crippen LogP contribution in [0.3, 0.4) is 0 Å². The highest BCUT2D eigenvalue weighted by molar-refractivity contribution is 5.36. The SMILES string of the molecule is CCCCCc1ccc(OCC2CCC(C)CC2)cc1.COC=O. The third-order valence-corrected chi connectivity index (χ3v) is 4.71. The summed E-state index contributed by atoms with van der Waals surface area (Å²) in [6, 6.07) is 8.75. The minimum Gasteiger partial charge on any atom is -0.493 e. The summed E-state index contributed by atoms with van der Waals surface area (Å²) < 4.78 is 9.82. The molecule has 0 amide bonds. The van der Waals surface area contributed by atoms with Gasteiger partial charge in [0.2, 0.25) is 0 Å². The Kier molecular flexibility index (Phi) is 11.0. The summed E-state index contributed by atoms with van der Waals surface area (Å²) >= 11 is 0. The van der Waals surface area contributed by atoms with Crippen LogP contribution in [0.25, 0.3) is 0 Å². The Morgan fingerprint density at radius 2 is 1.71 bits per heavy atom. The van der Waals surface area contributed by atoms with E-state index in [1.165, 1.54) is 64.0 Å². The van der Waals surface area contributed by atoms with E-state index in [4.69, 9.17) is 9.53 Å². The average molecular weight is 334 g/mol. The number of carbonyl (C=O) groups excluding carboxylic acids is 1. The summed E-state index contributed by atoms with van der Waals surface area (Å²) in [6.45, 7) is 5.90. The van der Waals surface area contributed by atoms with E-state index in [2.05, 4.69) is 42.8 Å². The van der Waals surface area contributed by atoms with Crippen LogP contribution in [0.5, 0.6) is 5.75 Å². The van der Waals surface area contributed by atoms with Gasteiger partial charge in [0.25, 0.3) is 6.47 Å². The monoisotopic (exact) mass is 334 g/mol. The molecule has 0 heterocycles. The molecular formula is C21H34O3. The Balaban J connectivity index is 0.000000648. The lowest BCUT2D eigenvalue weighted by molar-refractivity contribution is -0.126. The molecule has 3 heteroatoms. The van der Waals surface area contributed by atoms with E-state index in [1.807, 2.05) is 0 Å². The second kappa shape index (κ2) is 12.9. The quantitative estimate of drug-likeness (QED) is 0.471. The molecule has 2 rings (SSSR count). The van der Waals surface area contributed by atoms with Crippen LogP contribution >= 0.6 is 0 Å². The van der Waals surface area contributed by atoms with Gasteiger partial charge >= 0.3 is 0 Å². The molecule has 1 aliphatic rings. The Morgan fingerprint density at radius 3 is 2.25 bits per heavy atom. The van der Waals surface area contributed by atoms with Crippen molar-refractivity contribution in [3.05, 3.63) is 29.8 Å². The molecule has 1 aliphatic carbocycles. The molecule has 1 fully saturated rings. The number of ether oxygens (including phenoxy) is 2. The zero-order valence-corrected chi connectivity index (χ0v) is 15.6. The second-order valence-electron chi connectivity index (χ2n) is 6.87. The predicted molar refractivity (Wildman–Crippen MR) is 99.4 cm³/mol. The Labute approximate surface area is 147 Å². The van der Waals surface area contributed by atoms with Crippen LogP contribution in [-0.2, 0) is 16.0 Å². The molecule has 0 unspecified atom stereocenters. The largest absolute Gasteiger partial charge is 0.493 e. The van der Waals surface area contributed by atoms with Gasteiger partial charge in [-0.05, 0) is 55.2 Å². The molecule has 0 aliphatic heterocycles. The molecule has 0 atom stereocenters. The van der Waals surface area contributed by atoms with Crippen LogP contribution < -0.4 is 4.74 Å². The number of methoxy groups -OCH3 is 1. The maximum atomic E-state index is 8.95. The standard InChI is InChI=1S/C19H30O.C2H4O2/c1-3-4-5-6-17-11-13-19(14-12-17)20-15-18-9-7-16(2)8-10-18;1-4-2-3/h11-14,16,18H,3-10,15H2,1-2H3;2H,1H3. The van der Waals surface area contributed by atoms with Gasteiger partial charge < -0.3 is 9.47 Å². The molecule has 1 aromatic rings. The molecule has 24 heavy (non-hydrogen) atoms. The van der Waals surface area contributed by atoms with Crippen molar-refractivity contribution in [1.29, 1.82) is 0 Å². The molecule has 1 saturated carbocycles. The molecule has 0 aromatic heterocycles. The van der Waals surface area contributed by atoms with Crippen LogP contribution in [0.1, 0.15) is 64.4 Å². The fraction of sp³-hybridized carbons (Fsp3) is 0.667. The van der Waals surface area contributed by atoms with Gasteiger partial charge in [-0.3, -0.25) is 4.79 Å². The first kappa shape index (κ1) is 20.5. The number of carbonyl (C=O) groups is 1. The summed E-state index contributed by atoms with van der Waals surface area (Å²) in [5.74, 6) is 2.74. The van der Waals surface area contributed by atoms with Crippen LogP contribution in [0.15, 0.2) is 24.3 Å². The number of benzene rings is 1. The Hall–Kier alpha value is -1.51. The van der Waals surface area contributed by atoms with Gasteiger partial charge in [-0.15, -0.1) is 0 Å². The first-order valence-electron chi connectivity index (χ1n) is 9.37. The van der Waals surface area contributed by atoms with Crippen LogP contribution in [0.2, 0.25) is 0 Å². The highest BCUT2D eigenvalue weighted by Crippen LogP contribution is 2.28. The average Bonchev–Trinajstić information content (AvgIpc) is 2.63. The van der Waals surface area contributed by atoms with E-state index in [0.717, 1.165) is 24.2 Å². The second-order valence-corrected chi connectivity index (χ2v) is 6.87. The zero-order valence-electron chi connectivity index (χ0n) is 15.6. The highest BCUT2D eigenvalue weighted by Gasteiger charge is 2.18. The summed E-state index contributed by atoms with van der Waals surface area (Å²) in [7, 11) is 1.31. The Bertz CT molecular complexity index is 419. The number of rotatable bonds is 8. The van der Waals surface area contributed by atoms with Crippen molar-refractivity contribution in [3.63, 3.8) is 0 Å². The molecule has 3 nitrogen and oxygen atoms in total. The highest BCUT2D eigenvalue weighted by atomic mass is 16.5. The Morgan fingerprint density at radius 1 is 1.08 bits per heavy atom. The van der Waals surface area contributed by atoms with Gasteiger partial charge in [-0.1, -0.05) is 51.7 Å². The van der Waals surface area contributed by atoms with Crippen LogP contribution in [0.4, 0.5) is 0 Å². The van der Waals surface area contributed by atoms with E-state index in [0.29, 0.717) is 6.47 Å². The minimum absolute atomic E-state index is 0.375. The molecule has 0 bridgehead atoms.